The van der Waals surface area contributed by atoms with E-state index in [0.29, 0.717) is 0 Å². The molecule has 0 fully saturated rings. The van der Waals surface area contributed by atoms with Crippen LogP contribution in [0.3, 0.4) is 0 Å². The quantitative estimate of drug-likeness (QED) is 0.398. The highest BCUT2D eigenvalue weighted by atomic mass is 35.5. The van der Waals surface area contributed by atoms with Crippen molar-refractivity contribution in [3.05, 3.63) is 12.3 Å². The molecule has 0 aromatic carbocycles. The van der Waals surface area contributed by atoms with Gasteiger partial charge in [-0.25, -0.2) is 0 Å². The third-order valence-electron chi connectivity index (χ3n) is 1.12. The van der Waals surface area contributed by atoms with Gasteiger partial charge in [0.15, 0.2) is 5.62 Å². The molecule has 0 N–H and O–H groups in total. The summed E-state index contributed by atoms with van der Waals surface area (Å²) in [7, 11) is 0. The van der Waals surface area contributed by atoms with Gasteiger partial charge in [-0.15, -0.1) is 0 Å². The second-order valence-corrected chi connectivity index (χ2v) is 2.08. The van der Waals surface area contributed by atoms with Crippen molar-refractivity contribution in [3.8, 4) is 0 Å². The summed E-state index contributed by atoms with van der Waals surface area (Å²) in [5, 5.41) is 0. The Kier molecular flexibility index (Phi) is 2.11. The van der Waals surface area contributed by atoms with Crippen molar-refractivity contribution < 1.29 is 0 Å². The molecule has 0 saturated carbocycles. The van der Waals surface area contributed by atoms with Crippen LogP contribution in [0.1, 0.15) is 6.92 Å². The highest BCUT2D eigenvalue weighted by molar-refractivity contribution is 6.20. The molecule has 1 radical (unpaired) electrons. The molecule has 1 aliphatic heterocycles. The lowest BCUT2D eigenvalue weighted by molar-refractivity contribution is 0.354. The molecule has 0 bridgehead atoms. The number of halogens is 1. The lowest BCUT2D eigenvalue weighted by atomic mass is 10.5. The fourth-order valence-electron chi connectivity index (χ4n) is 0.627. The SMILES string of the molecule is CCN1[C]=CC=NC1Cl. The maximum atomic E-state index is 5.73. The molecule has 1 rings (SSSR count). The summed E-state index contributed by atoms with van der Waals surface area (Å²) in [5.41, 5.74) is -0.250. The Balaban J connectivity index is 2.55. The van der Waals surface area contributed by atoms with Gasteiger partial charge in [-0.2, -0.15) is 0 Å². The molecule has 0 aromatic heterocycles. The van der Waals surface area contributed by atoms with Gasteiger partial charge in [0.25, 0.3) is 0 Å². The second-order valence-electron chi connectivity index (χ2n) is 1.69. The van der Waals surface area contributed by atoms with Gasteiger partial charge in [0.05, 0.1) is 6.20 Å². The van der Waals surface area contributed by atoms with Crippen molar-refractivity contribution in [2.45, 2.75) is 12.5 Å². The van der Waals surface area contributed by atoms with E-state index in [-0.39, 0.29) is 5.62 Å². The third-order valence-corrected chi connectivity index (χ3v) is 1.47. The van der Waals surface area contributed by atoms with Crippen LogP contribution in [-0.4, -0.2) is 23.3 Å². The molecule has 1 unspecified atom stereocenters. The van der Waals surface area contributed by atoms with E-state index in [9.17, 15) is 0 Å². The molecule has 0 spiro atoms. The van der Waals surface area contributed by atoms with Crippen LogP contribution in [0.5, 0.6) is 0 Å². The number of hydrogen-bond acceptors (Lipinski definition) is 2. The summed E-state index contributed by atoms with van der Waals surface area (Å²) in [5.74, 6) is 0. The van der Waals surface area contributed by atoms with Crippen molar-refractivity contribution in [2.24, 2.45) is 4.99 Å². The molecule has 0 amide bonds. The second kappa shape index (κ2) is 2.87. The number of nitrogens with zero attached hydrogens (tertiary/aromatic N) is 2. The van der Waals surface area contributed by atoms with Gasteiger partial charge in [-0.3, -0.25) is 4.99 Å². The van der Waals surface area contributed by atoms with Crippen molar-refractivity contribution in [1.29, 1.82) is 0 Å². The van der Waals surface area contributed by atoms with E-state index in [0.717, 1.165) is 6.54 Å². The Labute approximate surface area is 59.8 Å². The number of aliphatic imine (C=N–C) groups is 1. The molecule has 1 heterocycles. The van der Waals surface area contributed by atoms with E-state index in [1.807, 2.05) is 11.8 Å². The van der Waals surface area contributed by atoms with Gasteiger partial charge in [-0.05, 0) is 13.0 Å². The van der Waals surface area contributed by atoms with Crippen LogP contribution in [-0.2, 0) is 0 Å². The third kappa shape index (κ3) is 1.45. The first kappa shape index (κ1) is 6.62. The summed E-state index contributed by atoms with van der Waals surface area (Å²) in [6.45, 7) is 2.86. The zero-order valence-corrected chi connectivity index (χ0v) is 5.97. The van der Waals surface area contributed by atoms with Gasteiger partial charge >= 0.3 is 0 Å². The standard InChI is InChI=1S/C6H8ClN2/c1-2-9-5-3-4-8-6(9)7/h3-4,6H,2H2,1H3. The lowest BCUT2D eigenvalue weighted by Crippen LogP contribution is -2.26. The average Bonchev–Trinajstić information content (AvgIpc) is 1.89. The van der Waals surface area contributed by atoms with Gasteiger partial charge in [0.1, 0.15) is 0 Å². The van der Waals surface area contributed by atoms with Crippen LogP contribution >= 0.6 is 11.6 Å². The van der Waals surface area contributed by atoms with E-state index < -0.39 is 0 Å². The fraction of sp³-hybridized carbons (Fsp3) is 0.500. The highest BCUT2D eigenvalue weighted by Gasteiger charge is 2.08. The summed E-state index contributed by atoms with van der Waals surface area (Å²) >= 11 is 5.73. The van der Waals surface area contributed by atoms with E-state index >= 15 is 0 Å². The van der Waals surface area contributed by atoms with E-state index in [4.69, 9.17) is 11.6 Å². The molecule has 9 heavy (non-hydrogen) atoms. The average molecular weight is 144 g/mol. The minimum atomic E-state index is -0.250. The largest absolute Gasteiger partial charge is 0.336 e. The lowest BCUT2D eigenvalue weighted by Gasteiger charge is -2.21. The minimum absolute atomic E-state index is 0.250. The molecule has 0 saturated heterocycles. The molecular formula is C6H8ClN2. The molecule has 3 heteroatoms. The van der Waals surface area contributed by atoms with Crippen molar-refractivity contribution in [3.63, 3.8) is 0 Å². The van der Waals surface area contributed by atoms with Crippen LogP contribution in [0.2, 0.25) is 0 Å². The molecular weight excluding hydrogens is 136 g/mol. The Morgan fingerprint density at radius 3 is 3.11 bits per heavy atom. The first-order valence-corrected chi connectivity index (χ1v) is 3.30. The first-order chi connectivity index (χ1) is 4.34. The molecule has 1 atom stereocenters. The van der Waals surface area contributed by atoms with E-state index in [1.54, 1.807) is 12.3 Å². The maximum Gasteiger partial charge on any atom is 0.197 e. The van der Waals surface area contributed by atoms with E-state index in [2.05, 4.69) is 11.2 Å². The van der Waals surface area contributed by atoms with Crippen molar-refractivity contribution >= 4 is 17.8 Å². The summed E-state index contributed by atoms with van der Waals surface area (Å²) in [6, 6.07) is 0. The summed E-state index contributed by atoms with van der Waals surface area (Å²) < 4.78 is 0. The highest BCUT2D eigenvalue weighted by Crippen LogP contribution is 2.07. The van der Waals surface area contributed by atoms with Crippen molar-refractivity contribution in [1.82, 2.24) is 4.90 Å². The first-order valence-electron chi connectivity index (χ1n) is 2.86. The summed E-state index contributed by atoms with van der Waals surface area (Å²) in [6.07, 6.45) is 6.35. The van der Waals surface area contributed by atoms with E-state index in [1.165, 1.54) is 0 Å². The van der Waals surface area contributed by atoms with Gasteiger partial charge < -0.3 is 4.90 Å². The molecule has 49 valence electrons. The number of rotatable bonds is 1. The predicted octanol–water partition coefficient (Wildman–Crippen LogP) is 1.23. The van der Waals surface area contributed by atoms with Crippen LogP contribution in [0.15, 0.2) is 11.1 Å². The predicted molar refractivity (Wildman–Crippen MR) is 38.3 cm³/mol. The Bertz CT molecular complexity index is 142. The molecule has 1 aliphatic rings. The fourth-order valence-corrected chi connectivity index (χ4v) is 0.886. The van der Waals surface area contributed by atoms with Gasteiger partial charge in [0.2, 0.25) is 0 Å². The Hall–Kier alpha value is -0.500. The number of alkyl halides is 1. The van der Waals surface area contributed by atoms with Crippen LogP contribution in [0, 0.1) is 6.20 Å². The summed E-state index contributed by atoms with van der Waals surface area (Å²) in [4.78, 5) is 5.75. The normalized spacial score (nSPS) is 25.1. The van der Waals surface area contributed by atoms with Crippen LogP contribution < -0.4 is 0 Å². The smallest absolute Gasteiger partial charge is 0.197 e. The monoisotopic (exact) mass is 143 g/mol. The Morgan fingerprint density at radius 1 is 1.89 bits per heavy atom. The maximum absolute atomic E-state index is 5.73. The topological polar surface area (TPSA) is 15.6 Å². The molecule has 0 aliphatic carbocycles. The van der Waals surface area contributed by atoms with Gasteiger partial charge in [-0.1, -0.05) is 11.6 Å². The van der Waals surface area contributed by atoms with Crippen molar-refractivity contribution in [2.75, 3.05) is 6.54 Å². The molecule has 0 aromatic rings. The molecule has 2 nitrogen and oxygen atoms in total. The van der Waals surface area contributed by atoms with Crippen LogP contribution in [0.25, 0.3) is 0 Å². The number of hydrogen-bond donors (Lipinski definition) is 0. The zero-order valence-electron chi connectivity index (χ0n) is 5.21. The van der Waals surface area contributed by atoms with Crippen LogP contribution in [0.4, 0.5) is 0 Å². The number of allylic oxidation sites excluding steroid dienone is 1. The van der Waals surface area contributed by atoms with Gasteiger partial charge in [0, 0.05) is 12.8 Å². The zero-order chi connectivity index (χ0) is 6.69. The Morgan fingerprint density at radius 2 is 2.67 bits per heavy atom. The minimum Gasteiger partial charge on any atom is -0.336 e.